The van der Waals surface area contributed by atoms with Crippen LogP contribution in [0.5, 0.6) is 0 Å². The molecule has 0 bridgehead atoms. The average Bonchev–Trinajstić information content (AvgIpc) is 2.28. The predicted molar refractivity (Wildman–Crippen MR) is 73.3 cm³/mol. The van der Waals surface area contributed by atoms with E-state index in [0.29, 0.717) is 6.54 Å². The van der Waals surface area contributed by atoms with E-state index in [0.717, 1.165) is 0 Å². The molecule has 2 N–H and O–H groups in total. The molecule has 0 fully saturated rings. The van der Waals surface area contributed by atoms with Gasteiger partial charge in [-0.25, -0.2) is 0 Å². The first kappa shape index (κ1) is 13.0. The summed E-state index contributed by atoms with van der Waals surface area (Å²) in [6.07, 6.45) is 0. The van der Waals surface area contributed by atoms with E-state index in [4.69, 9.17) is 5.73 Å². The van der Waals surface area contributed by atoms with E-state index in [9.17, 15) is 0 Å². The molecule has 0 aliphatic carbocycles. The van der Waals surface area contributed by atoms with Crippen molar-refractivity contribution in [2.24, 2.45) is 5.73 Å². The van der Waals surface area contributed by atoms with Crippen LogP contribution in [0.4, 0.5) is 0 Å². The molecule has 0 atom stereocenters. The molecule has 2 heteroatoms. The predicted octanol–water partition coefficient (Wildman–Crippen LogP) is 3.50. The molecule has 0 saturated heterocycles. The lowest BCUT2D eigenvalue weighted by Crippen LogP contribution is -2.27. The van der Waals surface area contributed by atoms with Gasteiger partial charge in [0, 0.05) is 12.0 Å². The van der Waals surface area contributed by atoms with E-state index in [1.807, 2.05) is 0 Å². The quantitative estimate of drug-likeness (QED) is 0.847. The van der Waals surface area contributed by atoms with Crippen LogP contribution in [0.25, 0.3) is 10.8 Å². The Kier molecular flexibility index (Phi) is 3.95. The largest absolute Gasteiger partial charge is 0.330 e. The Balaban J connectivity index is 0.00000128. The van der Waals surface area contributed by atoms with Crippen LogP contribution >= 0.6 is 12.4 Å². The van der Waals surface area contributed by atoms with E-state index in [2.05, 4.69) is 56.3 Å². The van der Waals surface area contributed by atoms with Crippen molar-refractivity contribution in [2.45, 2.75) is 19.3 Å². The fourth-order valence-electron chi connectivity index (χ4n) is 1.73. The Bertz CT molecular complexity index is 477. The summed E-state index contributed by atoms with van der Waals surface area (Å²) in [5.41, 5.74) is 7.15. The van der Waals surface area contributed by atoms with Gasteiger partial charge in [0.15, 0.2) is 0 Å². The Morgan fingerprint density at radius 3 is 2.25 bits per heavy atom. The summed E-state index contributed by atoms with van der Waals surface area (Å²) in [5.74, 6) is 0. The van der Waals surface area contributed by atoms with E-state index >= 15 is 0 Å². The molecule has 0 radical (unpaired) electrons. The molecule has 16 heavy (non-hydrogen) atoms. The van der Waals surface area contributed by atoms with Crippen LogP contribution < -0.4 is 5.73 Å². The summed E-state index contributed by atoms with van der Waals surface area (Å²) in [6, 6.07) is 15.0. The van der Waals surface area contributed by atoms with Crippen LogP contribution in [0.15, 0.2) is 42.5 Å². The molecule has 0 saturated carbocycles. The van der Waals surface area contributed by atoms with Gasteiger partial charge in [-0.1, -0.05) is 56.3 Å². The standard InChI is InChI=1S/C14H17N.ClH/c1-14(2,10-15)13-8-7-11-5-3-4-6-12(11)9-13;/h3-9H,10,15H2,1-2H3;1H. The third kappa shape index (κ3) is 2.37. The normalized spacial score (nSPS) is 11.2. The minimum Gasteiger partial charge on any atom is -0.330 e. The van der Waals surface area contributed by atoms with Gasteiger partial charge in [-0.05, 0) is 16.3 Å². The van der Waals surface area contributed by atoms with E-state index in [1.165, 1.54) is 16.3 Å². The van der Waals surface area contributed by atoms with Crippen LogP contribution in [0.2, 0.25) is 0 Å². The second-order valence-electron chi connectivity index (χ2n) is 4.65. The SMILES string of the molecule is CC(C)(CN)c1ccc2ccccc2c1.Cl. The zero-order valence-corrected chi connectivity index (χ0v) is 10.6. The van der Waals surface area contributed by atoms with Gasteiger partial charge in [0.2, 0.25) is 0 Å². The molecule has 86 valence electrons. The Labute approximate surface area is 103 Å². The Morgan fingerprint density at radius 2 is 1.62 bits per heavy atom. The molecule has 0 aliphatic rings. The number of fused-ring (bicyclic) bond motifs is 1. The molecule has 0 aliphatic heterocycles. The van der Waals surface area contributed by atoms with Gasteiger partial charge in [0.1, 0.15) is 0 Å². The fraction of sp³-hybridized carbons (Fsp3) is 0.286. The summed E-state index contributed by atoms with van der Waals surface area (Å²) < 4.78 is 0. The highest BCUT2D eigenvalue weighted by molar-refractivity contribution is 5.85. The number of hydrogen-bond acceptors (Lipinski definition) is 1. The van der Waals surface area contributed by atoms with Gasteiger partial charge >= 0.3 is 0 Å². The van der Waals surface area contributed by atoms with Gasteiger partial charge in [0.05, 0.1) is 0 Å². The first-order valence-electron chi connectivity index (χ1n) is 5.33. The lowest BCUT2D eigenvalue weighted by atomic mass is 9.84. The van der Waals surface area contributed by atoms with Crippen molar-refractivity contribution in [3.05, 3.63) is 48.0 Å². The van der Waals surface area contributed by atoms with Crippen molar-refractivity contribution in [3.8, 4) is 0 Å². The minimum atomic E-state index is 0. The molecule has 2 aromatic carbocycles. The van der Waals surface area contributed by atoms with Crippen LogP contribution in [0.3, 0.4) is 0 Å². The zero-order chi connectivity index (χ0) is 10.9. The molecule has 2 aromatic rings. The number of nitrogens with two attached hydrogens (primary N) is 1. The molecule has 2 rings (SSSR count). The number of halogens is 1. The highest BCUT2D eigenvalue weighted by atomic mass is 35.5. The van der Waals surface area contributed by atoms with Crippen LogP contribution in [-0.2, 0) is 5.41 Å². The van der Waals surface area contributed by atoms with Gasteiger partial charge in [-0.2, -0.15) is 0 Å². The average molecular weight is 236 g/mol. The van der Waals surface area contributed by atoms with Gasteiger partial charge in [0.25, 0.3) is 0 Å². The van der Waals surface area contributed by atoms with Crippen LogP contribution in [-0.4, -0.2) is 6.54 Å². The van der Waals surface area contributed by atoms with E-state index in [-0.39, 0.29) is 17.8 Å². The fourth-order valence-corrected chi connectivity index (χ4v) is 1.73. The summed E-state index contributed by atoms with van der Waals surface area (Å²) in [7, 11) is 0. The lowest BCUT2D eigenvalue weighted by Gasteiger charge is -2.23. The minimum absolute atomic E-state index is 0. The topological polar surface area (TPSA) is 26.0 Å². The smallest absolute Gasteiger partial charge is 0.00193 e. The maximum Gasteiger partial charge on any atom is 0.00193 e. The third-order valence-electron chi connectivity index (χ3n) is 3.04. The zero-order valence-electron chi connectivity index (χ0n) is 9.73. The maximum absolute atomic E-state index is 5.78. The molecule has 0 amide bonds. The van der Waals surface area contributed by atoms with Crippen molar-refractivity contribution in [3.63, 3.8) is 0 Å². The molecule has 0 heterocycles. The lowest BCUT2D eigenvalue weighted by molar-refractivity contribution is 0.540. The van der Waals surface area contributed by atoms with E-state index < -0.39 is 0 Å². The molecule has 0 unspecified atom stereocenters. The molecule has 0 spiro atoms. The van der Waals surface area contributed by atoms with Crippen molar-refractivity contribution in [2.75, 3.05) is 6.54 Å². The first-order valence-corrected chi connectivity index (χ1v) is 5.33. The third-order valence-corrected chi connectivity index (χ3v) is 3.04. The Morgan fingerprint density at radius 1 is 1.00 bits per heavy atom. The number of rotatable bonds is 2. The van der Waals surface area contributed by atoms with Gasteiger partial charge in [-0.3, -0.25) is 0 Å². The van der Waals surface area contributed by atoms with Crippen molar-refractivity contribution in [1.29, 1.82) is 0 Å². The molecular formula is C14H18ClN. The van der Waals surface area contributed by atoms with Crippen molar-refractivity contribution >= 4 is 23.2 Å². The summed E-state index contributed by atoms with van der Waals surface area (Å²) in [4.78, 5) is 0. The monoisotopic (exact) mass is 235 g/mol. The highest BCUT2D eigenvalue weighted by Gasteiger charge is 2.18. The summed E-state index contributed by atoms with van der Waals surface area (Å²) in [6.45, 7) is 5.03. The maximum atomic E-state index is 5.78. The molecule has 0 aromatic heterocycles. The number of hydrogen-bond donors (Lipinski definition) is 1. The van der Waals surface area contributed by atoms with Crippen LogP contribution in [0.1, 0.15) is 19.4 Å². The molecular weight excluding hydrogens is 218 g/mol. The van der Waals surface area contributed by atoms with Gasteiger partial charge in [-0.15, -0.1) is 12.4 Å². The second kappa shape index (κ2) is 4.86. The number of benzene rings is 2. The van der Waals surface area contributed by atoms with Crippen molar-refractivity contribution in [1.82, 2.24) is 0 Å². The molecule has 1 nitrogen and oxygen atoms in total. The summed E-state index contributed by atoms with van der Waals surface area (Å²) >= 11 is 0. The summed E-state index contributed by atoms with van der Waals surface area (Å²) in [5, 5.41) is 2.57. The van der Waals surface area contributed by atoms with Gasteiger partial charge < -0.3 is 5.73 Å². The Hall–Kier alpha value is -1.05. The van der Waals surface area contributed by atoms with Crippen LogP contribution in [0, 0.1) is 0 Å². The highest BCUT2D eigenvalue weighted by Crippen LogP contribution is 2.25. The van der Waals surface area contributed by atoms with E-state index in [1.54, 1.807) is 0 Å². The second-order valence-corrected chi connectivity index (χ2v) is 4.65. The van der Waals surface area contributed by atoms with Crippen molar-refractivity contribution < 1.29 is 0 Å². The first-order chi connectivity index (χ1) is 7.13.